The molecule has 0 aliphatic heterocycles. The molecule has 0 amide bonds. The SMILES string of the molecule is CC(O)(Cc1ccc(Br)cc1)C1CCCc2cccnc21. The second-order valence-electron chi connectivity index (χ2n) is 6.15. The van der Waals surface area contributed by atoms with Crippen molar-refractivity contribution in [2.75, 3.05) is 0 Å². The van der Waals surface area contributed by atoms with Gasteiger partial charge in [0, 0.05) is 28.7 Å². The third kappa shape index (κ3) is 3.19. The largest absolute Gasteiger partial charge is 0.389 e. The lowest BCUT2D eigenvalue weighted by molar-refractivity contribution is 0.0233. The smallest absolute Gasteiger partial charge is 0.0743 e. The normalized spacial score (nSPS) is 20.6. The highest BCUT2D eigenvalue weighted by Crippen LogP contribution is 2.39. The van der Waals surface area contributed by atoms with Crippen molar-refractivity contribution in [2.24, 2.45) is 0 Å². The molecule has 3 heteroatoms. The lowest BCUT2D eigenvalue weighted by Crippen LogP contribution is -2.37. The zero-order valence-corrected chi connectivity index (χ0v) is 13.8. The summed E-state index contributed by atoms with van der Waals surface area (Å²) in [5, 5.41) is 11.1. The maximum absolute atomic E-state index is 11.1. The van der Waals surface area contributed by atoms with Crippen molar-refractivity contribution >= 4 is 15.9 Å². The van der Waals surface area contributed by atoms with Gasteiger partial charge < -0.3 is 5.11 Å². The number of aliphatic hydroxyl groups is 1. The van der Waals surface area contributed by atoms with Gasteiger partial charge in [0.25, 0.3) is 0 Å². The molecule has 3 rings (SSSR count). The average molecular weight is 346 g/mol. The maximum atomic E-state index is 11.1. The Hall–Kier alpha value is -1.19. The van der Waals surface area contributed by atoms with E-state index < -0.39 is 5.60 Å². The monoisotopic (exact) mass is 345 g/mol. The fraction of sp³-hybridized carbons (Fsp3) is 0.389. The summed E-state index contributed by atoms with van der Waals surface area (Å²) in [6.45, 7) is 1.95. The summed E-state index contributed by atoms with van der Waals surface area (Å²) in [6, 6.07) is 12.3. The topological polar surface area (TPSA) is 33.1 Å². The molecular formula is C18H20BrNO. The van der Waals surface area contributed by atoms with Gasteiger partial charge in [0.1, 0.15) is 0 Å². The van der Waals surface area contributed by atoms with Gasteiger partial charge in [-0.3, -0.25) is 4.98 Å². The van der Waals surface area contributed by atoms with Gasteiger partial charge in [-0.15, -0.1) is 0 Å². The van der Waals surface area contributed by atoms with Crippen LogP contribution >= 0.6 is 15.9 Å². The summed E-state index contributed by atoms with van der Waals surface area (Å²) >= 11 is 3.45. The molecule has 0 saturated heterocycles. The van der Waals surface area contributed by atoms with Crippen molar-refractivity contribution in [3.05, 3.63) is 63.9 Å². The van der Waals surface area contributed by atoms with E-state index in [9.17, 15) is 5.11 Å². The number of halogens is 1. The van der Waals surface area contributed by atoms with Crippen molar-refractivity contribution < 1.29 is 5.11 Å². The molecule has 0 saturated carbocycles. The predicted molar refractivity (Wildman–Crippen MR) is 88.4 cm³/mol. The van der Waals surface area contributed by atoms with Crippen molar-refractivity contribution in [2.45, 2.75) is 44.1 Å². The van der Waals surface area contributed by atoms with E-state index in [1.165, 1.54) is 5.56 Å². The van der Waals surface area contributed by atoms with E-state index in [0.717, 1.165) is 35.0 Å². The number of fused-ring (bicyclic) bond motifs is 1. The van der Waals surface area contributed by atoms with Gasteiger partial charge in [-0.05, 0) is 55.5 Å². The number of rotatable bonds is 3. The van der Waals surface area contributed by atoms with Crippen LogP contribution in [0.5, 0.6) is 0 Å². The first-order valence-corrected chi connectivity index (χ1v) is 8.26. The van der Waals surface area contributed by atoms with Crippen LogP contribution in [0.25, 0.3) is 0 Å². The van der Waals surface area contributed by atoms with Gasteiger partial charge in [0.15, 0.2) is 0 Å². The Morgan fingerprint density at radius 2 is 2.05 bits per heavy atom. The van der Waals surface area contributed by atoms with Gasteiger partial charge in [-0.1, -0.05) is 34.1 Å². The summed E-state index contributed by atoms with van der Waals surface area (Å²) in [6.07, 6.45) is 5.70. The van der Waals surface area contributed by atoms with Crippen LogP contribution in [0.15, 0.2) is 47.1 Å². The van der Waals surface area contributed by atoms with Crippen LogP contribution in [0.2, 0.25) is 0 Å². The Bertz CT molecular complexity index is 621. The standard InChI is InChI=1S/C18H20BrNO/c1-18(21,12-13-7-9-15(19)10-8-13)16-6-2-4-14-5-3-11-20-17(14)16/h3,5,7-11,16,21H,2,4,6,12H2,1H3. The number of benzene rings is 1. The minimum Gasteiger partial charge on any atom is -0.389 e. The zero-order valence-electron chi connectivity index (χ0n) is 12.2. The van der Waals surface area contributed by atoms with Crippen LogP contribution in [0, 0.1) is 0 Å². The fourth-order valence-corrected chi connectivity index (χ4v) is 3.62. The summed E-state index contributed by atoms with van der Waals surface area (Å²) in [7, 11) is 0. The molecule has 21 heavy (non-hydrogen) atoms. The second kappa shape index (κ2) is 5.90. The van der Waals surface area contributed by atoms with Crippen LogP contribution in [0.4, 0.5) is 0 Å². The summed E-state index contributed by atoms with van der Waals surface area (Å²) < 4.78 is 1.07. The molecule has 1 aromatic carbocycles. The minimum atomic E-state index is -0.767. The molecule has 1 aliphatic rings. The molecule has 2 atom stereocenters. The van der Waals surface area contributed by atoms with E-state index in [1.807, 2.05) is 31.3 Å². The molecule has 1 aromatic heterocycles. The molecule has 0 radical (unpaired) electrons. The van der Waals surface area contributed by atoms with Gasteiger partial charge in [-0.25, -0.2) is 0 Å². The summed E-state index contributed by atoms with van der Waals surface area (Å²) in [4.78, 5) is 4.56. The van der Waals surface area contributed by atoms with E-state index in [1.54, 1.807) is 0 Å². The lowest BCUT2D eigenvalue weighted by Gasteiger charge is -2.36. The third-order valence-electron chi connectivity index (χ3n) is 4.42. The highest BCUT2D eigenvalue weighted by molar-refractivity contribution is 9.10. The Kier molecular flexibility index (Phi) is 4.14. The Morgan fingerprint density at radius 1 is 1.29 bits per heavy atom. The molecule has 0 spiro atoms. The molecule has 0 bridgehead atoms. The summed E-state index contributed by atoms with van der Waals surface area (Å²) in [5.41, 5.74) is 2.78. The Balaban J connectivity index is 1.87. The Morgan fingerprint density at radius 3 is 2.81 bits per heavy atom. The van der Waals surface area contributed by atoms with Crippen LogP contribution in [-0.4, -0.2) is 15.7 Å². The van der Waals surface area contributed by atoms with Crippen LogP contribution < -0.4 is 0 Å². The minimum absolute atomic E-state index is 0.117. The first-order chi connectivity index (χ1) is 10.1. The fourth-order valence-electron chi connectivity index (χ4n) is 3.35. The molecule has 2 aromatic rings. The molecule has 2 nitrogen and oxygen atoms in total. The highest BCUT2D eigenvalue weighted by atomic mass is 79.9. The van der Waals surface area contributed by atoms with Gasteiger partial charge in [-0.2, -0.15) is 0 Å². The van der Waals surface area contributed by atoms with Crippen molar-refractivity contribution in [1.82, 2.24) is 4.98 Å². The quantitative estimate of drug-likeness (QED) is 0.901. The number of nitrogens with zero attached hydrogens (tertiary/aromatic N) is 1. The molecular weight excluding hydrogens is 326 g/mol. The number of pyridine rings is 1. The van der Waals surface area contributed by atoms with E-state index in [2.05, 4.69) is 39.1 Å². The van der Waals surface area contributed by atoms with Crippen molar-refractivity contribution in [3.63, 3.8) is 0 Å². The molecule has 1 heterocycles. The van der Waals surface area contributed by atoms with E-state index in [0.29, 0.717) is 6.42 Å². The van der Waals surface area contributed by atoms with Gasteiger partial charge in [0.2, 0.25) is 0 Å². The molecule has 2 unspecified atom stereocenters. The number of aryl methyl sites for hydroxylation is 1. The summed E-state index contributed by atoms with van der Waals surface area (Å²) in [5.74, 6) is 0.117. The Labute approximate surface area is 134 Å². The van der Waals surface area contributed by atoms with Crippen LogP contribution in [0.1, 0.15) is 42.5 Å². The van der Waals surface area contributed by atoms with Crippen LogP contribution in [0.3, 0.4) is 0 Å². The highest BCUT2D eigenvalue weighted by Gasteiger charge is 2.36. The molecule has 1 N–H and O–H groups in total. The van der Waals surface area contributed by atoms with E-state index in [4.69, 9.17) is 0 Å². The predicted octanol–water partition coefficient (Wildman–Crippen LogP) is 4.26. The maximum Gasteiger partial charge on any atom is 0.0743 e. The van der Waals surface area contributed by atoms with Gasteiger partial charge in [0.05, 0.1) is 5.60 Å². The number of hydrogen-bond acceptors (Lipinski definition) is 2. The zero-order chi connectivity index (χ0) is 14.9. The third-order valence-corrected chi connectivity index (χ3v) is 4.95. The number of hydrogen-bond donors (Lipinski definition) is 1. The molecule has 110 valence electrons. The average Bonchev–Trinajstić information content (AvgIpc) is 2.49. The molecule has 1 aliphatic carbocycles. The second-order valence-corrected chi connectivity index (χ2v) is 7.07. The first-order valence-electron chi connectivity index (χ1n) is 7.47. The van der Waals surface area contributed by atoms with Crippen LogP contribution in [-0.2, 0) is 12.8 Å². The van der Waals surface area contributed by atoms with E-state index in [-0.39, 0.29) is 5.92 Å². The van der Waals surface area contributed by atoms with Gasteiger partial charge >= 0.3 is 0 Å². The van der Waals surface area contributed by atoms with E-state index >= 15 is 0 Å². The van der Waals surface area contributed by atoms with Crippen molar-refractivity contribution in [3.8, 4) is 0 Å². The van der Waals surface area contributed by atoms with Crippen molar-refractivity contribution in [1.29, 1.82) is 0 Å². The molecule has 0 fully saturated rings. The number of aromatic nitrogens is 1. The lowest BCUT2D eigenvalue weighted by atomic mass is 9.74. The first kappa shape index (κ1) is 14.7.